The zero-order valence-electron chi connectivity index (χ0n) is 9.39. The summed E-state index contributed by atoms with van der Waals surface area (Å²) in [5, 5.41) is 3.18. The first-order valence-electron chi connectivity index (χ1n) is 5.45. The van der Waals surface area contributed by atoms with E-state index in [9.17, 15) is 0 Å². The van der Waals surface area contributed by atoms with Gasteiger partial charge in [-0.15, -0.1) is 0 Å². The molecule has 5 nitrogen and oxygen atoms in total. The predicted molar refractivity (Wildman–Crippen MR) is 69.2 cm³/mol. The third-order valence-electron chi connectivity index (χ3n) is 2.46. The first kappa shape index (κ1) is 12.2. The maximum Gasteiger partial charge on any atom is 0.136 e. The van der Waals surface area contributed by atoms with Gasteiger partial charge in [-0.05, 0) is 12.1 Å². The lowest BCUT2D eigenvalue weighted by Crippen LogP contribution is -2.34. The monoisotopic (exact) mass is 253 g/mol. The highest BCUT2D eigenvalue weighted by Crippen LogP contribution is 2.12. The minimum atomic E-state index is 0.0463. The van der Waals surface area contributed by atoms with Crippen LogP contribution in [0.1, 0.15) is 5.56 Å². The molecular formula is C11H15N3O2S. The standard InChI is InChI=1S/C11H15N3O2S/c12-10(17)9-2-1-3-13-11(9)14-6-8-7-15-4-5-16-8/h1-3,8H,4-7H2,(H2,12,17)(H,13,14). The molecule has 1 fully saturated rings. The van der Waals surface area contributed by atoms with Crippen molar-refractivity contribution in [1.29, 1.82) is 0 Å². The number of thiocarbonyl (C=S) groups is 1. The second-order valence-corrected chi connectivity index (χ2v) is 4.15. The molecule has 3 N–H and O–H groups in total. The fourth-order valence-corrected chi connectivity index (χ4v) is 1.77. The molecule has 0 aromatic carbocycles. The van der Waals surface area contributed by atoms with Gasteiger partial charge in [0.1, 0.15) is 10.8 Å². The minimum absolute atomic E-state index is 0.0463. The summed E-state index contributed by atoms with van der Waals surface area (Å²) >= 11 is 4.96. The summed E-state index contributed by atoms with van der Waals surface area (Å²) in [5.74, 6) is 0.689. The van der Waals surface area contributed by atoms with Gasteiger partial charge in [0.25, 0.3) is 0 Å². The van der Waals surface area contributed by atoms with E-state index in [-0.39, 0.29) is 6.10 Å². The van der Waals surface area contributed by atoms with Gasteiger partial charge < -0.3 is 20.5 Å². The molecule has 0 saturated carbocycles. The Kier molecular flexibility index (Phi) is 4.24. The van der Waals surface area contributed by atoms with Gasteiger partial charge >= 0.3 is 0 Å². The Morgan fingerprint density at radius 1 is 1.59 bits per heavy atom. The van der Waals surface area contributed by atoms with Crippen molar-refractivity contribution in [2.45, 2.75) is 6.10 Å². The summed E-state index contributed by atoms with van der Waals surface area (Å²) in [7, 11) is 0. The molecule has 17 heavy (non-hydrogen) atoms. The third-order valence-corrected chi connectivity index (χ3v) is 2.68. The summed E-state index contributed by atoms with van der Waals surface area (Å²) in [6.07, 6.45) is 1.74. The Bertz CT molecular complexity index is 394. The van der Waals surface area contributed by atoms with Crippen LogP contribution in [0, 0.1) is 0 Å². The Morgan fingerprint density at radius 3 is 3.18 bits per heavy atom. The third kappa shape index (κ3) is 3.36. The molecule has 1 aromatic rings. The van der Waals surface area contributed by atoms with Crippen LogP contribution in [0.2, 0.25) is 0 Å². The molecular weight excluding hydrogens is 238 g/mol. The molecule has 2 rings (SSSR count). The molecule has 0 bridgehead atoms. The fourth-order valence-electron chi connectivity index (χ4n) is 1.61. The number of anilines is 1. The van der Waals surface area contributed by atoms with Gasteiger partial charge in [-0.3, -0.25) is 0 Å². The van der Waals surface area contributed by atoms with Gasteiger partial charge in [-0.1, -0.05) is 12.2 Å². The lowest BCUT2D eigenvalue weighted by Gasteiger charge is -2.23. The smallest absolute Gasteiger partial charge is 0.136 e. The first-order valence-corrected chi connectivity index (χ1v) is 5.86. The molecule has 6 heteroatoms. The van der Waals surface area contributed by atoms with Crippen LogP contribution >= 0.6 is 12.2 Å². The maximum absolute atomic E-state index is 5.62. The topological polar surface area (TPSA) is 69.4 Å². The van der Waals surface area contributed by atoms with Crippen LogP contribution in [0.15, 0.2) is 18.3 Å². The number of nitrogens with one attached hydrogen (secondary N) is 1. The largest absolute Gasteiger partial charge is 0.389 e. The molecule has 0 aliphatic carbocycles. The highest BCUT2D eigenvalue weighted by molar-refractivity contribution is 7.80. The van der Waals surface area contributed by atoms with Crippen LogP contribution in [0.25, 0.3) is 0 Å². The minimum Gasteiger partial charge on any atom is -0.389 e. The van der Waals surface area contributed by atoms with Crippen LogP contribution in [-0.2, 0) is 9.47 Å². The Labute approximate surface area is 105 Å². The molecule has 0 amide bonds. The van der Waals surface area contributed by atoms with E-state index in [0.717, 1.165) is 5.56 Å². The number of aromatic nitrogens is 1. The van der Waals surface area contributed by atoms with Gasteiger partial charge in [0.2, 0.25) is 0 Å². The van der Waals surface area contributed by atoms with Crippen molar-refractivity contribution in [3.05, 3.63) is 23.9 Å². The lowest BCUT2D eigenvalue weighted by molar-refractivity contribution is -0.0819. The molecule has 1 aromatic heterocycles. The maximum atomic E-state index is 5.62. The predicted octanol–water partition coefficient (Wildman–Crippen LogP) is 0.543. The Morgan fingerprint density at radius 2 is 2.47 bits per heavy atom. The van der Waals surface area contributed by atoms with Crippen molar-refractivity contribution >= 4 is 23.0 Å². The van der Waals surface area contributed by atoms with E-state index in [1.807, 2.05) is 6.07 Å². The number of hydrogen-bond acceptors (Lipinski definition) is 5. The van der Waals surface area contributed by atoms with Gasteiger partial charge in [0.15, 0.2) is 0 Å². The van der Waals surface area contributed by atoms with Gasteiger partial charge in [-0.2, -0.15) is 0 Å². The van der Waals surface area contributed by atoms with Gasteiger partial charge in [-0.25, -0.2) is 4.98 Å². The van der Waals surface area contributed by atoms with Crippen molar-refractivity contribution in [1.82, 2.24) is 4.98 Å². The van der Waals surface area contributed by atoms with Gasteiger partial charge in [0, 0.05) is 12.7 Å². The summed E-state index contributed by atoms with van der Waals surface area (Å²) in [6.45, 7) is 2.53. The highest BCUT2D eigenvalue weighted by Gasteiger charge is 2.15. The van der Waals surface area contributed by atoms with E-state index in [1.165, 1.54) is 0 Å². The quantitative estimate of drug-likeness (QED) is 0.763. The van der Waals surface area contributed by atoms with E-state index < -0.39 is 0 Å². The summed E-state index contributed by atoms with van der Waals surface area (Å²) in [5.41, 5.74) is 6.37. The normalized spacial score (nSPS) is 19.9. The number of nitrogens with zero attached hydrogens (tertiary/aromatic N) is 1. The number of pyridine rings is 1. The van der Waals surface area contributed by atoms with Crippen LogP contribution in [0.5, 0.6) is 0 Å². The van der Waals surface area contributed by atoms with Crippen molar-refractivity contribution in [3.8, 4) is 0 Å². The molecule has 1 unspecified atom stereocenters. The van der Waals surface area contributed by atoms with E-state index in [2.05, 4.69) is 10.3 Å². The van der Waals surface area contributed by atoms with Crippen LogP contribution in [0.3, 0.4) is 0 Å². The van der Waals surface area contributed by atoms with Crippen molar-refractivity contribution < 1.29 is 9.47 Å². The molecule has 0 radical (unpaired) electrons. The molecule has 1 aliphatic rings. The second kappa shape index (κ2) is 5.90. The van der Waals surface area contributed by atoms with E-state index in [1.54, 1.807) is 12.3 Å². The van der Waals surface area contributed by atoms with Gasteiger partial charge in [0.05, 0.1) is 31.5 Å². The molecule has 2 heterocycles. The van der Waals surface area contributed by atoms with E-state index in [4.69, 9.17) is 27.4 Å². The van der Waals surface area contributed by atoms with Crippen LogP contribution in [0.4, 0.5) is 5.82 Å². The average molecular weight is 253 g/mol. The Hall–Kier alpha value is -1.24. The summed E-state index contributed by atoms with van der Waals surface area (Å²) in [4.78, 5) is 4.54. The number of nitrogens with two attached hydrogens (primary N) is 1. The van der Waals surface area contributed by atoms with Crippen molar-refractivity contribution in [2.75, 3.05) is 31.7 Å². The number of rotatable bonds is 4. The SMILES string of the molecule is NC(=S)c1cccnc1NCC1COCCO1. The summed E-state index contributed by atoms with van der Waals surface area (Å²) < 4.78 is 10.8. The van der Waals surface area contributed by atoms with Crippen LogP contribution in [-0.4, -0.2) is 42.4 Å². The molecule has 1 aliphatic heterocycles. The average Bonchev–Trinajstić information content (AvgIpc) is 2.38. The van der Waals surface area contributed by atoms with Crippen molar-refractivity contribution in [2.24, 2.45) is 5.73 Å². The van der Waals surface area contributed by atoms with Crippen molar-refractivity contribution in [3.63, 3.8) is 0 Å². The first-order chi connectivity index (χ1) is 8.27. The second-order valence-electron chi connectivity index (χ2n) is 3.71. The molecule has 1 atom stereocenters. The lowest BCUT2D eigenvalue weighted by atomic mass is 10.2. The van der Waals surface area contributed by atoms with E-state index in [0.29, 0.717) is 37.2 Å². The number of ether oxygens (including phenoxy) is 2. The zero-order chi connectivity index (χ0) is 12.1. The summed E-state index contributed by atoms with van der Waals surface area (Å²) in [6, 6.07) is 3.65. The molecule has 92 valence electrons. The fraction of sp³-hybridized carbons (Fsp3) is 0.455. The highest BCUT2D eigenvalue weighted by atomic mass is 32.1. The van der Waals surface area contributed by atoms with E-state index >= 15 is 0 Å². The van der Waals surface area contributed by atoms with Crippen LogP contribution < -0.4 is 11.1 Å². The number of hydrogen-bond donors (Lipinski definition) is 2. The zero-order valence-corrected chi connectivity index (χ0v) is 10.2. The Balaban J connectivity index is 1.96. The molecule has 0 spiro atoms. The molecule has 1 saturated heterocycles.